The third-order valence-corrected chi connectivity index (χ3v) is 7.42. The summed E-state index contributed by atoms with van der Waals surface area (Å²) in [6.45, 7) is 1.28. The number of ether oxygens (including phenoxy) is 1. The fourth-order valence-electron chi connectivity index (χ4n) is 3.96. The van der Waals surface area contributed by atoms with Crippen molar-refractivity contribution in [3.05, 3.63) is 87.1 Å². The molecular formula is C24H20F6N10O6S. The normalized spacial score (nSPS) is 12.0. The largest absolute Gasteiger partial charge is 0.465 e. The molecule has 4 N–H and O–H groups in total. The van der Waals surface area contributed by atoms with Crippen molar-refractivity contribution in [2.45, 2.75) is 19.3 Å². The zero-order valence-electron chi connectivity index (χ0n) is 23.7. The number of benzene rings is 2. The fraction of sp³-hybridized carbons (Fsp3) is 0.208. The van der Waals surface area contributed by atoms with E-state index >= 15 is 0 Å². The predicted molar refractivity (Wildman–Crippen MR) is 150 cm³/mol. The molecule has 3 aromatic heterocycles. The zero-order valence-corrected chi connectivity index (χ0v) is 24.5. The van der Waals surface area contributed by atoms with Gasteiger partial charge < -0.3 is 15.5 Å². The molecule has 47 heavy (non-hydrogen) atoms. The molecule has 5 rings (SSSR count). The first kappa shape index (κ1) is 34.1. The average molecular weight is 691 g/mol. The van der Waals surface area contributed by atoms with E-state index in [0.717, 1.165) is 53.7 Å². The second kappa shape index (κ2) is 12.6. The molecule has 250 valence electrons. The van der Waals surface area contributed by atoms with E-state index in [2.05, 4.69) is 30.1 Å². The van der Waals surface area contributed by atoms with Crippen LogP contribution in [0.15, 0.2) is 59.2 Å². The third kappa shape index (κ3) is 7.23. The van der Waals surface area contributed by atoms with E-state index in [9.17, 15) is 49.1 Å². The van der Waals surface area contributed by atoms with Crippen LogP contribution in [0.3, 0.4) is 0 Å². The molecule has 23 heteroatoms. The first-order chi connectivity index (χ1) is 21.9. The fourth-order valence-corrected chi connectivity index (χ4v) is 4.54. The summed E-state index contributed by atoms with van der Waals surface area (Å²) in [7, 11) is -2.87. The van der Waals surface area contributed by atoms with Crippen molar-refractivity contribution in [3.8, 4) is 11.4 Å². The van der Waals surface area contributed by atoms with Gasteiger partial charge in [0.1, 0.15) is 25.3 Å². The molecule has 0 unspecified atom stereocenters. The standard InChI is InChI=1S/C13H11F3N6O4S.C11H9F3N4O2/c1-2-27(25,26)20-22-11(23)7-3-10(21-5-17-18-6-21)8(13(14,15)16)4-9(7)19-12(22)24;1-20-10(19)6-2-9(18-4-16-17-5-18)7(3-8(6)15)11(12,13)14/h3-6,20H,2H2,1H3,(H,19,24);2-5H,15H2,1H3. The molecule has 0 bridgehead atoms. The Bertz CT molecular complexity index is 2160. The first-order valence-electron chi connectivity index (χ1n) is 12.6. The number of methoxy groups -OCH3 is 1. The summed E-state index contributed by atoms with van der Waals surface area (Å²) >= 11 is 0. The Labute approximate surface area is 257 Å². The number of halogens is 6. The minimum Gasteiger partial charge on any atom is -0.465 e. The molecule has 0 aliphatic carbocycles. The molecule has 0 saturated heterocycles. The Morgan fingerprint density at radius 3 is 1.85 bits per heavy atom. The first-order valence-corrected chi connectivity index (χ1v) is 14.2. The van der Waals surface area contributed by atoms with Gasteiger partial charge in [-0.3, -0.25) is 13.9 Å². The molecule has 0 radical (unpaired) electrons. The zero-order chi connectivity index (χ0) is 34.9. The SMILES string of the molecule is CCS(=O)(=O)Nn1c(=O)[nH]c2cc(C(F)(F)F)c(-n3cnnc3)cc2c1=O.COC(=O)c1cc(-n2cnnc2)c(C(F)(F)F)cc1N. The molecule has 0 aliphatic heterocycles. The maximum Gasteiger partial charge on any atom is 0.418 e. The monoisotopic (exact) mass is 690 g/mol. The predicted octanol–water partition coefficient (Wildman–Crippen LogP) is 1.84. The maximum absolute atomic E-state index is 13.4. The Morgan fingerprint density at radius 2 is 1.38 bits per heavy atom. The minimum atomic E-state index is -4.80. The van der Waals surface area contributed by atoms with Gasteiger partial charge in [-0.15, -0.1) is 20.4 Å². The molecule has 5 aromatic rings. The van der Waals surface area contributed by atoms with Crippen molar-refractivity contribution in [2.24, 2.45) is 0 Å². The van der Waals surface area contributed by atoms with Gasteiger partial charge in [0.15, 0.2) is 0 Å². The number of nitrogens with zero attached hydrogens (tertiary/aromatic N) is 7. The lowest BCUT2D eigenvalue weighted by Gasteiger charge is -2.15. The lowest BCUT2D eigenvalue weighted by Crippen LogP contribution is -2.44. The molecule has 0 fully saturated rings. The number of H-pyrrole nitrogens is 1. The molecule has 0 saturated carbocycles. The average Bonchev–Trinajstić information content (AvgIpc) is 3.73. The number of sulfonamides is 1. The van der Waals surface area contributed by atoms with E-state index in [0.29, 0.717) is 12.1 Å². The van der Waals surface area contributed by atoms with E-state index in [-0.39, 0.29) is 27.0 Å². The highest BCUT2D eigenvalue weighted by Gasteiger charge is 2.36. The van der Waals surface area contributed by atoms with E-state index in [4.69, 9.17) is 5.73 Å². The summed E-state index contributed by atoms with van der Waals surface area (Å²) in [5.41, 5.74) is -0.677. The number of rotatable bonds is 6. The van der Waals surface area contributed by atoms with E-state index in [1.165, 1.54) is 6.92 Å². The summed E-state index contributed by atoms with van der Waals surface area (Å²) in [6, 6.07) is 3.14. The van der Waals surface area contributed by atoms with Crippen molar-refractivity contribution in [1.29, 1.82) is 0 Å². The van der Waals surface area contributed by atoms with Crippen LogP contribution in [0, 0.1) is 0 Å². The van der Waals surface area contributed by atoms with Crippen molar-refractivity contribution in [2.75, 3.05) is 23.4 Å². The Morgan fingerprint density at radius 1 is 0.894 bits per heavy atom. The third-order valence-electron chi connectivity index (χ3n) is 6.20. The van der Waals surface area contributed by atoms with Crippen LogP contribution in [-0.2, 0) is 27.1 Å². The van der Waals surface area contributed by atoms with Gasteiger partial charge in [0.2, 0.25) is 10.0 Å². The lowest BCUT2D eigenvalue weighted by atomic mass is 10.1. The molecule has 16 nitrogen and oxygen atoms in total. The van der Waals surface area contributed by atoms with Crippen LogP contribution in [0.5, 0.6) is 0 Å². The van der Waals surface area contributed by atoms with E-state index in [1.54, 1.807) is 4.83 Å². The summed E-state index contributed by atoms with van der Waals surface area (Å²) in [5.74, 6) is -1.25. The number of aromatic nitrogens is 8. The summed E-state index contributed by atoms with van der Waals surface area (Å²) in [5, 5.41) is 13.4. The van der Waals surface area contributed by atoms with Crippen molar-refractivity contribution in [1.82, 2.24) is 39.2 Å². The quantitative estimate of drug-likeness (QED) is 0.133. The number of carbonyl (C=O) groups excluding carboxylic acids is 1. The van der Waals surface area contributed by atoms with Crippen LogP contribution < -0.4 is 21.8 Å². The van der Waals surface area contributed by atoms with Gasteiger partial charge in [-0.05, 0) is 31.2 Å². The molecule has 0 spiro atoms. The molecule has 3 heterocycles. The van der Waals surface area contributed by atoms with Gasteiger partial charge in [0, 0.05) is 5.69 Å². The Hall–Kier alpha value is -5.74. The van der Waals surface area contributed by atoms with Crippen LogP contribution in [-0.4, -0.2) is 66.4 Å². The number of hydrogen-bond donors (Lipinski definition) is 3. The highest BCUT2D eigenvalue weighted by atomic mass is 32.2. The van der Waals surface area contributed by atoms with Crippen LogP contribution in [0.25, 0.3) is 22.3 Å². The van der Waals surface area contributed by atoms with Gasteiger partial charge in [-0.1, -0.05) is 0 Å². The van der Waals surface area contributed by atoms with Crippen LogP contribution in [0.1, 0.15) is 28.4 Å². The van der Waals surface area contributed by atoms with E-state index < -0.39 is 67.7 Å². The number of fused-ring (bicyclic) bond motifs is 1. The highest BCUT2D eigenvalue weighted by Crippen LogP contribution is 2.37. The topological polar surface area (TPSA) is 215 Å². The molecule has 0 atom stereocenters. The molecule has 0 amide bonds. The van der Waals surface area contributed by atoms with Gasteiger partial charge in [-0.2, -0.15) is 31.0 Å². The van der Waals surface area contributed by atoms with Crippen molar-refractivity contribution < 1.29 is 44.3 Å². The molecule has 2 aromatic carbocycles. The number of alkyl halides is 6. The second-order valence-electron chi connectivity index (χ2n) is 9.16. The van der Waals surface area contributed by atoms with Crippen LogP contribution in [0.2, 0.25) is 0 Å². The number of nitrogens with one attached hydrogen (secondary N) is 2. The highest BCUT2D eigenvalue weighted by molar-refractivity contribution is 7.92. The lowest BCUT2D eigenvalue weighted by molar-refractivity contribution is -0.138. The second-order valence-corrected chi connectivity index (χ2v) is 11.2. The number of esters is 1. The molecule has 0 aliphatic rings. The molecular weight excluding hydrogens is 670 g/mol. The van der Waals surface area contributed by atoms with Gasteiger partial charge in [0.25, 0.3) is 5.56 Å². The van der Waals surface area contributed by atoms with Gasteiger partial charge in [-0.25, -0.2) is 22.8 Å². The summed E-state index contributed by atoms with van der Waals surface area (Å²) in [4.78, 5) is 39.9. The van der Waals surface area contributed by atoms with Crippen LogP contribution >= 0.6 is 0 Å². The number of hydrogen-bond acceptors (Lipinski definition) is 11. The number of nitrogens with two attached hydrogens (primary N) is 1. The van der Waals surface area contributed by atoms with Gasteiger partial charge >= 0.3 is 24.0 Å². The number of nitrogen functional groups attached to an aromatic ring is 1. The Kier molecular flexibility index (Phi) is 9.13. The number of aromatic amines is 1. The van der Waals surface area contributed by atoms with Crippen LogP contribution in [0.4, 0.5) is 32.0 Å². The van der Waals surface area contributed by atoms with Gasteiger partial charge in [0.05, 0.1) is 51.8 Å². The summed E-state index contributed by atoms with van der Waals surface area (Å²) < 4.78 is 109. The smallest absolute Gasteiger partial charge is 0.418 e. The van der Waals surface area contributed by atoms with Crippen molar-refractivity contribution >= 4 is 32.6 Å². The van der Waals surface area contributed by atoms with E-state index in [1.807, 2.05) is 0 Å². The Balaban J connectivity index is 0.000000223. The number of carbonyl (C=O) groups is 1. The maximum atomic E-state index is 13.4. The van der Waals surface area contributed by atoms with Crippen molar-refractivity contribution in [3.63, 3.8) is 0 Å². The minimum absolute atomic E-state index is 0.163. The number of anilines is 1. The summed E-state index contributed by atoms with van der Waals surface area (Å²) in [6.07, 6.45) is -5.27.